The second kappa shape index (κ2) is 9.15. The Labute approximate surface area is 176 Å². The van der Waals surface area contributed by atoms with Crippen molar-refractivity contribution in [3.8, 4) is 5.75 Å². The standard InChI is InChI=1S/C21H16ClFN2O3S/c1-12-9-16(7-8-17(12)13(2)26)28-20(27)19-18(22)10-24-21(25-19)29-11-14-3-5-15(23)6-4-14/h3-10H,11H2,1-2H3. The normalized spacial score (nSPS) is 10.6. The Kier molecular flexibility index (Phi) is 6.61. The molecule has 0 aliphatic carbocycles. The van der Waals surface area contributed by atoms with Gasteiger partial charge in [0.25, 0.3) is 0 Å². The van der Waals surface area contributed by atoms with Crippen molar-refractivity contribution in [3.05, 3.63) is 81.9 Å². The van der Waals surface area contributed by atoms with Gasteiger partial charge in [0.05, 0.1) is 11.2 Å². The molecule has 1 aromatic heterocycles. The van der Waals surface area contributed by atoms with Crippen LogP contribution in [0.3, 0.4) is 0 Å². The van der Waals surface area contributed by atoms with Crippen LogP contribution in [-0.2, 0) is 5.75 Å². The Bertz CT molecular complexity index is 1070. The van der Waals surface area contributed by atoms with Crippen LogP contribution >= 0.6 is 23.4 Å². The van der Waals surface area contributed by atoms with E-state index in [9.17, 15) is 14.0 Å². The van der Waals surface area contributed by atoms with E-state index in [1.807, 2.05) is 0 Å². The van der Waals surface area contributed by atoms with E-state index in [0.717, 1.165) is 5.56 Å². The van der Waals surface area contributed by atoms with Crippen molar-refractivity contribution in [2.75, 3.05) is 0 Å². The molecule has 29 heavy (non-hydrogen) atoms. The lowest BCUT2D eigenvalue weighted by molar-refractivity contribution is 0.0727. The molecular formula is C21H16ClFN2O3S. The summed E-state index contributed by atoms with van der Waals surface area (Å²) in [6.07, 6.45) is 1.34. The van der Waals surface area contributed by atoms with Gasteiger partial charge in [-0.1, -0.05) is 35.5 Å². The summed E-state index contributed by atoms with van der Waals surface area (Å²) >= 11 is 7.35. The first-order chi connectivity index (χ1) is 13.8. The van der Waals surface area contributed by atoms with Crippen molar-refractivity contribution in [2.45, 2.75) is 24.8 Å². The number of halogens is 2. The van der Waals surface area contributed by atoms with Crippen molar-refractivity contribution in [3.63, 3.8) is 0 Å². The van der Waals surface area contributed by atoms with Crippen molar-refractivity contribution in [2.24, 2.45) is 0 Å². The van der Waals surface area contributed by atoms with Crippen LogP contribution in [0.15, 0.2) is 53.8 Å². The molecule has 0 saturated heterocycles. The highest BCUT2D eigenvalue weighted by molar-refractivity contribution is 7.98. The first-order valence-corrected chi connectivity index (χ1v) is 9.93. The summed E-state index contributed by atoms with van der Waals surface area (Å²) in [4.78, 5) is 32.3. The van der Waals surface area contributed by atoms with Crippen molar-refractivity contribution >= 4 is 35.1 Å². The summed E-state index contributed by atoms with van der Waals surface area (Å²) < 4.78 is 18.3. The minimum Gasteiger partial charge on any atom is -0.422 e. The molecule has 5 nitrogen and oxygen atoms in total. The summed E-state index contributed by atoms with van der Waals surface area (Å²) in [6, 6.07) is 10.8. The number of rotatable bonds is 6. The number of aryl methyl sites for hydroxylation is 1. The number of carbonyl (C=O) groups is 2. The number of ketones is 1. The van der Waals surface area contributed by atoms with E-state index in [0.29, 0.717) is 22.0 Å². The van der Waals surface area contributed by atoms with E-state index in [4.69, 9.17) is 16.3 Å². The number of Topliss-reactive ketones (excluding diaryl/α,β-unsaturated/α-hetero) is 1. The molecule has 3 rings (SSSR count). The maximum absolute atomic E-state index is 13.0. The number of carbonyl (C=O) groups excluding carboxylic acids is 2. The third kappa shape index (κ3) is 5.40. The van der Waals surface area contributed by atoms with E-state index in [-0.39, 0.29) is 28.1 Å². The topological polar surface area (TPSA) is 69.2 Å². The Morgan fingerprint density at radius 3 is 2.55 bits per heavy atom. The van der Waals surface area contributed by atoms with Gasteiger partial charge in [-0.15, -0.1) is 0 Å². The second-order valence-electron chi connectivity index (χ2n) is 6.19. The number of benzene rings is 2. The Balaban J connectivity index is 1.73. The van der Waals surface area contributed by atoms with Gasteiger partial charge in [0.2, 0.25) is 0 Å². The SMILES string of the molecule is CC(=O)c1ccc(OC(=O)c2nc(SCc3ccc(F)cc3)ncc2Cl)cc1C. The Morgan fingerprint density at radius 1 is 1.17 bits per heavy atom. The molecule has 0 bridgehead atoms. The van der Waals surface area contributed by atoms with Crippen LogP contribution in [0.4, 0.5) is 4.39 Å². The highest BCUT2D eigenvalue weighted by atomic mass is 35.5. The van der Waals surface area contributed by atoms with E-state index in [1.54, 1.807) is 37.3 Å². The van der Waals surface area contributed by atoms with Crippen LogP contribution in [0.1, 0.15) is 38.9 Å². The van der Waals surface area contributed by atoms with Crippen molar-refractivity contribution in [1.29, 1.82) is 0 Å². The third-order valence-electron chi connectivity index (χ3n) is 3.98. The Morgan fingerprint density at radius 2 is 1.90 bits per heavy atom. The molecule has 0 unspecified atom stereocenters. The molecule has 0 aliphatic heterocycles. The molecule has 0 amide bonds. The van der Waals surface area contributed by atoms with Crippen LogP contribution in [0, 0.1) is 12.7 Å². The van der Waals surface area contributed by atoms with Gasteiger partial charge in [0, 0.05) is 11.3 Å². The van der Waals surface area contributed by atoms with E-state index in [2.05, 4.69) is 9.97 Å². The number of hydrogen-bond acceptors (Lipinski definition) is 6. The van der Waals surface area contributed by atoms with Crippen molar-refractivity contribution in [1.82, 2.24) is 9.97 Å². The van der Waals surface area contributed by atoms with Gasteiger partial charge >= 0.3 is 5.97 Å². The fourth-order valence-corrected chi connectivity index (χ4v) is 3.48. The number of esters is 1. The van der Waals surface area contributed by atoms with Crippen LogP contribution in [-0.4, -0.2) is 21.7 Å². The van der Waals surface area contributed by atoms with Gasteiger partial charge in [-0.2, -0.15) is 0 Å². The molecule has 8 heteroatoms. The molecular weight excluding hydrogens is 415 g/mol. The molecule has 0 N–H and O–H groups in total. The number of aromatic nitrogens is 2. The van der Waals surface area contributed by atoms with Crippen LogP contribution in [0.25, 0.3) is 0 Å². The smallest absolute Gasteiger partial charge is 0.364 e. The maximum atomic E-state index is 13.0. The highest BCUT2D eigenvalue weighted by Gasteiger charge is 2.18. The van der Waals surface area contributed by atoms with Gasteiger partial charge in [0.15, 0.2) is 16.6 Å². The first-order valence-electron chi connectivity index (χ1n) is 8.57. The van der Waals surface area contributed by atoms with Gasteiger partial charge in [-0.3, -0.25) is 4.79 Å². The summed E-state index contributed by atoms with van der Waals surface area (Å²) in [7, 11) is 0. The highest BCUT2D eigenvalue weighted by Crippen LogP contribution is 2.24. The second-order valence-corrected chi connectivity index (χ2v) is 7.54. The number of thioether (sulfide) groups is 1. The molecule has 0 spiro atoms. The predicted octanol–water partition coefficient (Wildman–Crippen LogP) is 5.29. The lowest BCUT2D eigenvalue weighted by Gasteiger charge is -2.09. The largest absolute Gasteiger partial charge is 0.422 e. The zero-order valence-corrected chi connectivity index (χ0v) is 17.2. The average molecular weight is 431 g/mol. The number of hydrogen-bond donors (Lipinski definition) is 0. The van der Waals surface area contributed by atoms with Crippen molar-refractivity contribution < 1.29 is 18.7 Å². The van der Waals surface area contributed by atoms with Crippen LogP contribution < -0.4 is 4.74 Å². The van der Waals surface area contributed by atoms with E-state index in [1.165, 1.54) is 37.0 Å². The molecule has 0 saturated carbocycles. The van der Waals surface area contributed by atoms with Crippen LogP contribution in [0.2, 0.25) is 5.02 Å². The lowest BCUT2D eigenvalue weighted by Crippen LogP contribution is -2.13. The molecule has 0 fully saturated rings. The predicted molar refractivity (Wildman–Crippen MR) is 109 cm³/mol. The molecule has 0 atom stereocenters. The van der Waals surface area contributed by atoms with E-state index >= 15 is 0 Å². The zero-order valence-electron chi connectivity index (χ0n) is 15.6. The van der Waals surface area contributed by atoms with Gasteiger partial charge < -0.3 is 4.74 Å². The molecule has 3 aromatic rings. The maximum Gasteiger partial charge on any atom is 0.364 e. The van der Waals surface area contributed by atoms with Crippen LogP contribution in [0.5, 0.6) is 5.75 Å². The summed E-state index contributed by atoms with van der Waals surface area (Å²) in [5, 5.41) is 0.409. The minimum absolute atomic E-state index is 0.0587. The quantitative estimate of drug-likeness (QED) is 0.174. The molecule has 148 valence electrons. The zero-order chi connectivity index (χ0) is 21.0. The molecule has 0 radical (unpaired) electrons. The average Bonchev–Trinajstić information content (AvgIpc) is 2.68. The number of ether oxygens (including phenoxy) is 1. The summed E-state index contributed by atoms with van der Waals surface area (Å²) in [6.45, 7) is 3.23. The fraction of sp³-hybridized carbons (Fsp3) is 0.143. The third-order valence-corrected chi connectivity index (χ3v) is 5.19. The van der Waals surface area contributed by atoms with Gasteiger partial charge in [0.1, 0.15) is 11.6 Å². The summed E-state index contributed by atoms with van der Waals surface area (Å²) in [5.41, 5.74) is 2.09. The summed E-state index contributed by atoms with van der Waals surface area (Å²) in [5.74, 6) is -0.314. The van der Waals surface area contributed by atoms with E-state index < -0.39 is 5.97 Å². The fourth-order valence-electron chi connectivity index (χ4n) is 2.54. The molecule has 2 aromatic carbocycles. The monoisotopic (exact) mass is 430 g/mol. The molecule has 1 heterocycles. The minimum atomic E-state index is -0.726. The lowest BCUT2D eigenvalue weighted by atomic mass is 10.1. The van der Waals surface area contributed by atoms with Gasteiger partial charge in [-0.05, 0) is 55.3 Å². The van der Waals surface area contributed by atoms with Gasteiger partial charge in [-0.25, -0.2) is 19.2 Å². The molecule has 0 aliphatic rings. The first kappa shape index (κ1) is 21.0. The number of nitrogens with zero attached hydrogens (tertiary/aromatic N) is 2. The Hall–Kier alpha value is -2.77.